The van der Waals surface area contributed by atoms with Crippen LogP contribution in [0.2, 0.25) is 0 Å². The third-order valence-corrected chi connectivity index (χ3v) is 6.92. The molecule has 0 spiro atoms. The van der Waals surface area contributed by atoms with E-state index in [0.717, 1.165) is 33.0 Å². The van der Waals surface area contributed by atoms with E-state index in [-0.39, 0.29) is 23.8 Å². The molecule has 7 heteroatoms. The summed E-state index contributed by atoms with van der Waals surface area (Å²) < 4.78 is 0. The first-order valence-corrected chi connectivity index (χ1v) is 10.9. The van der Waals surface area contributed by atoms with Crippen molar-refractivity contribution in [3.05, 3.63) is 62.9 Å². The average molecular weight is 424 g/mol. The van der Waals surface area contributed by atoms with E-state index >= 15 is 0 Å². The number of anilines is 1. The number of benzene rings is 1. The molecule has 2 aliphatic rings. The van der Waals surface area contributed by atoms with E-state index in [0.29, 0.717) is 31.5 Å². The molecule has 1 aromatic carbocycles. The molecule has 1 saturated carbocycles. The maximum absolute atomic E-state index is 12.8. The van der Waals surface area contributed by atoms with Crippen molar-refractivity contribution in [2.24, 2.45) is 0 Å². The summed E-state index contributed by atoms with van der Waals surface area (Å²) in [5, 5.41) is 5.67. The zero-order valence-electron chi connectivity index (χ0n) is 17.2. The lowest BCUT2D eigenvalue weighted by Crippen LogP contribution is -2.43. The largest absolute Gasteiger partial charge is 0.333 e. The third kappa shape index (κ3) is 4.03. The predicted molar refractivity (Wildman–Crippen MR) is 118 cm³/mol. The molecule has 1 unspecified atom stereocenters. The van der Waals surface area contributed by atoms with Crippen LogP contribution < -0.4 is 10.6 Å². The summed E-state index contributed by atoms with van der Waals surface area (Å²) in [6.45, 7) is 8.74. The predicted octanol–water partition coefficient (Wildman–Crippen LogP) is 4.32. The molecule has 30 heavy (non-hydrogen) atoms. The Hall–Kier alpha value is -2.93. The van der Waals surface area contributed by atoms with Crippen LogP contribution >= 0.6 is 11.3 Å². The summed E-state index contributed by atoms with van der Waals surface area (Å²) in [6, 6.07) is 6.99. The van der Waals surface area contributed by atoms with Crippen molar-refractivity contribution in [1.82, 2.24) is 10.2 Å². The number of allylic oxidation sites excluding steroid dienone is 1. The molecule has 2 N–H and O–H groups in total. The third-order valence-electron chi connectivity index (χ3n) is 5.80. The standard InChI is InChI=1S/C23H25N3O3S/c1-13-4-7-19(20(27)8-13)26-12-21-18(22(26)28)10-17(30-21)11-24-23(29)25-16-6-5-14(2)15(3)9-16/h5-6,9-10,19H,1,4,7-8,11-12H2,2-3H3,(H2,24,25,29). The molecule has 1 aromatic heterocycles. The van der Waals surface area contributed by atoms with Crippen LogP contribution in [-0.2, 0) is 17.9 Å². The van der Waals surface area contributed by atoms with Crippen molar-refractivity contribution in [3.63, 3.8) is 0 Å². The fraction of sp³-hybridized carbons (Fsp3) is 0.348. The Morgan fingerprint density at radius 1 is 1.23 bits per heavy atom. The lowest BCUT2D eigenvalue weighted by Gasteiger charge is -2.30. The second kappa shape index (κ2) is 8.07. The number of rotatable bonds is 4. The summed E-state index contributed by atoms with van der Waals surface area (Å²) in [5.41, 5.74) is 4.64. The first-order valence-electron chi connectivity index (χ1n) is 10.1. The number of fused-ring (bicyclic) bond motifs is 1. The van der Waals surface area contributed by atoms with Crippen LogP contribution in [0.4, 0.5) is 10.5 Å². The Kier molecular flexibility index (Phi) is 5.47. The number of aryl methyl sites for hydroxylation is 2. The normalized spacial score (nSPS) is 18.5. The van der Waals surface area contributed by atoms with Gasteiger partial charge in [-0.3, -0.25) is 9.59 Å². The van der Waals surface area contributed by atoms with Crippen LogP contribution in [0, 0.1) is 13.8 Å². The van der Waals surface area contributed by atoms with Crippen LogP contribution in [0.3, 0.4) is 0 Å². The topological polar surface area (TPSA) is 78.5 Å². The van der Waals surface area contributed by atoms with Crippen LogP contribution in [0.1, 0.15) is 50.5 Å². The lowest BCUT2D eigenvalue weighted by atomic mass is 9.90. The van der Waals surface area contributed by atoms with E-state index in [1.807, 2.05) is 38.1 Å². The van der Waals surface area contributed by atoms with Crippen LogP contribution in [0.15, 0.2) is 36.4 Å². The number of hydrogen-bond donors (Lipinski definition) is 2. The number of nitrogens with zero attached hydrogens (tertiary/aromatic N) is 1. The summed E-state index contributed by atoms with van der Waals surface area (Å²) in [7, 11) is 0. The van der Waals surface area contributed by atoms with E-state index < -0.39 is 0 Å². The molecule has 3 amide bonds. The number of hydrogen-bond acceptors (Lipinski definition) is 4. The average Bonchev–Trinajstić information content (AvgIpc) is 3.22. The van der Waals surface area contributed by atoms with E-state index in [1.165, 1.54) is 16.9 Å². The quantitative estimate of drug-likeness (QED) is 0.719. The van der Waals surface area contributed by atoms with Gasteiger partial charge in [-0.05, 0) is 56.0 Å². The first kappa shape index (κ1) is 20.3. The number of amides is 3. The lowest BCUT2D eigenvalue weighted by molar-refractivity contribution is -0.124. The second-order valence-corrected chi connectivity index (χ2v) is 9.26. The van der Waals surface area contributed by atoms with Crippen molar-refractivity contribution in [2.75, 3.05) is 5.32 Å². The zero-order valence-corrected chi connectivity index (χ0v) is 18.0. The van der Waals surface area contributed by atoms with Gasteiger partial charge in [0.2, 0.25) is 0 Å². The second-order valence-electron chi connectivity index (χ2n) is 8.04. The molecule has 156 valence electrons. The van der Waals surface area contributed by atoms with E-state index in [9.17, 15) is 14.4 Å². The van der Waals surface area contributed by atoms with Crippen LogP contribution in [-0.4, -0.2) is 28.7 Å². The Balaban J connectivity index is 1.34. The van der Waals surface area contributed by atoms with E-state index in [4.69, 9.17) is 0 Å². The Bertz CT molecular complexity index is 1060. The Morgan fingerprint density at radius 3 is 2.73 bits per heavy atom. The van der Waals surface area contributed by atoms with Gasteiger partial charge in [0.25, 0.3) is 5.91 Å². The summed E-state index contributed by atoms with van der Waals surface area (Å²) in [4.78, 5) is 41.0. The Morgan fingerprint density at radius 2 is 2.03 bits per heavy atom. The van der Waals surface area contributed by atoms with Gasteiger partial charge >= 0.3 is 6.03 Å². The number of carbonyl (C=O) groups is 3. The first-order chi connectivity index (χ1) is 14.3. The maximum Gasteiger partial charge on any atom is 0.319 e. The summed E-state index contributed by atoms with van der Waals surface area (Å²) >= 11 is 1.51. The number of thiophene rings is 1. The number of carbonyl (C=O) groups excluding carboxylic acids is 3. The van der Waals surface area contributed by atoms with Gasteiger partial charge in [0.1, 0.15) is 0 Å². The van der Waals surface area contributed by atoms with Crippen molar-refractivity contribution >= 4 is 34.7 Å². The summed E-state index contributed by atoms with van der Waals surface area (Å²) in [6.07, 6.45) is 1.82. The molecule has 2 heterocycles. The molecule has 0 bridgehead atoms. The molecular weight excluding hydrogens is 398 g/mol. The van der Waals surface area contributed by atoms with Crippen molar-refractivity contribution < 1.29 is 14.4 Å². The zero-order chi connectivity index (χ0) is 21.4. The van der Waals surface area contributed by atoms with Gasteiger partial charge in [0.15, 0.2) is 5.78 Å². The minimum Gasteiger partial charge on any atom is -0.333 e. The van der Waals surface area contributed by atoms with Crippen molar-refractivity contribution in [1.29, 1.82) is 0 Å². The Labute approximate surface area is 180 Å². The number of nitrogens with one attached hydrogen (secondary N) is 2. The van der Waals surface area contributed by atoms with Crippen LogP contribution in [0.25, 0.3) is 0 Å². The van der Waals surface area contributed by atoms with Gasteiger partial charge in [-0.1, -0.05) is 18.2 Å². The van der Waals surface area contributed by atoms with Gasteiger partial charge in [0, 0.05) is 21.9 Å². The molecule has 2 aromatic rings. The van der Waals surface area contributed by atoms with Gasteiger partial charge in [-0.15, -0.1) is 11.3 Å². The molecule has 1 aliphatic heterocycles. The molecule has 6 nitrogen and oxygen atoms in total. The smallest absolute Gasteiger partial charge is 0.319 e. The fourth-order valence-electron chi connectivity index (χ4n) is 3.95. The number of Topliss-reactive ketones (excluding diaryl/α,β-unsaturated/α-hetero) is 1. The summed E-state index contributed by atoms with van der Waals surface area (Å²) in [5.74, 6) is -0.00222. The highest BCUT2D eigenvalue weighted by Gasteiger charge is 2.38. The molecule has 4 rings (SSSR count). The highest BCUT2D eigenvalue weighted by molar-refractivity contribution is 7.12. The number of ketones is 1. The highest BCUT2D eigenvalue weighted by atomic mass is 32.1. The monoisotopic (exact) mass is 423 g/mol. The van der Waals surface area contributed by atoms with Crippen molar-refractivity contribution in [2.45, 2.75) is 52.2 Å². The van der Waals surface area contributed by atoms with Crippen molar-refractivity contribution in [3.8, 4) is 0 Å². The van der Waals surface area contributed by atoms with Gasteiger partial charge in [0.05, 0.1) is 24.7 Å². The maximum atomic E-state index is 12.8. The highest BCUT2D eigenvalue weighted by Crippen LogP contribution is 2.35. The molecule has 1 aliphatic carbocycles. The van der Waals surface area contributed by atoms with Gasteiger partial charge in [-0.2, -0.15) is 0 Å². The SMILES string of the molecule is C=C1CCC(N2Cc3sc(CNC(=O)Nc4ccc(C)c(C)c4)cc3C2=O)C(=O)C1. The molecule has 0 saturated heterocycles. The van der Waals surface area contributed by atoms with E-state index in [2.05, 4.69) is 17.2 Å². The molecular formula is C23H25N3O3S. The van der Waals surface area contributed by atoms with Gasteiger partial charge < -0.3 is 15.5 Å². The minimum absolute atomic E-state index is 0.0830. The molecule has 1 fully saturated rings. The number of urea groups is 1. The van der Waals surface area contributed by atoms with Crippen LogP contribution in [0.5, 0.6) is 0 Å². The fourth-order valence-corrected chi connectivity index (χ4v) is 5.05. The molecule has 1 atom stereocenters. The van der Waals surface area contributed by atoms with Gasteiger partial charge in [-0.25, -0.2) is 4.79 Å². The molecule has 0 radical (unpaired) electrons. The van der Waals surface area contributed by atoms with E-state index in [1.54, 1.807) is 4.90 Å². The minimum atomic E-state index is -0.340.